The second-order valence-corrected chi connectivity index (χ2v) is 20.9. The molecule has 0 aliphatic heterocycles. The molecule has 0 rings (SSSR count). The van der Waals surface area contributed by atoms with Crippen LogP contribution in [0.1, 0.15) is 284 Å². The van der Waals surface area contributed by atoms with Crippen molar-refractivity contribution < 1.29 is 28.6 Å². The number of rotatable bonds is 57. The first-order valence-corrected chi connectivity index (χ1v) is 32.2. The molecule has 0 radical (unpaired) electrons. The van der Waals surface area contributed by atoms with Crippen molar-refractivity contribution in [3.63, 3.8) is 0 Å². The van der Waals surface area contributed by atoms with Crippen LogP contribution in [0.2, 0.25) is 0 Å². The minimum Gasteiger partial charge on any atom is -0.462 e. The molecule has 0 aliphatic carbocycles. The van der Waals surface area contributed by atoms with Crippen LogP contribution in [0.5, 0.6) is 0 Å². The average molecular weight is 1080 g/mol. The van der Waals surface area contributed by atoms with Crippen LogP contribution >= 0.6 is 0 Å². The third-order valence-corrected chi connectivity index (χ3v) is 13.4. The smallest absolute Gasteiger partial charge is 0.306 e. The quantitative estimate of drug-likeness (QED) is 0.0261. The average Bonchev–Trinajstić information content (AvgIpc) is 3.44. The van der Waals surface area contributed by atoms with Gasteiger partial charge in [0.15, 0.2) is 6.10 Å². The Morgan fingerprint density at radius 2 is 0.500 bits per heavy atom. The van der Waals surface area contributed by atoms with E-state index in [0.29, 0.717) is 19.3 Å². The van der Waals surface area contributed by atoms with Gasteiger partial charge in [0, 0.05) is 19.3 Å². The summed E-state index contributed by atoms with van der Waals surface area (Å²) < 4.78 is 16.9. The van der Waals surface area contributed by atoms with E-state index in [1.807, 2.05) is 0 Å². The Morgan fingerprint density at radius 3 is 0.795 bits per heavy atom. The first-order chi connectivity index (χ1) is 38.5. The fourth-order valence-corrected chi connectivity index (χ4v) is 8.54. The van der Waals surface area contributed by atoms with E-state index in [1.54, 1.807) is 0 Å². The first-order valence-electron chi connectivity index (χ1n) is 32.2. The highest BCUT2D eigenvalue weighted by Gasteiger charge is 2.19. The summed E-state index contributed by atoms with van der Waals surface area (Å²) in [5, 5.41) is 0. The lowest BCUT2D eigenvalue weighted by Crippen LogP contribution is -2.30. The summed E-state index contributed by atoms with van der Waals surface area (Å²) in [6, 6.07) is 0. The largest absolute Gasteiger partial charge is 0.462 e. The minimum absolute atomic E-state index is 0.0952. The first kappa shape index (κ1) is 73.5. The number of ether oxygens (including phenoxy) is 3. The summed E-state index contributed by atoms with van der Waals surface area (Å²) in [5.74, 6) is -0.932. The molecule has 0 saturated carbocycles. The lowest BCUT2D eigenvalue weighted by Gasteiger charge is -2.18. The van der Waals surface area contributed by atoms with Gasteiger partial charge in [-0.2, -0.15) is 0 Å². The van der Waals surface area contributed by atoms with E-state index in [0.717, 1.165) is 141 Å². The van der Waals surface area contributed by atoms with Gasteiger partial charge in [-0.25, -0.2) is 0 Å². The van der Waals surface area contributed by atoms with Crippen molar-refractivity contribution in [2.24, 2.45) is 0 Å². The van der Waals surface area contributed by atoms with Crippen LogP contribution in [0.15, 0.2) is 134 Å². The van der Waals surface area contributed by atoms with Crippen molar-refractivity contribution in [2.45, 2.75) is 290 Å². The van der Waals surface area contributed by atoms with Gasteiger partial charge in [0.2, 0.25) is 0 Å². The van der Waals surface area contributed by atoms with Gasteiger partial charge in [-0.3, -0.25) is 14.4 Å². The Kier molecular flexibility index (Phi) is 61.4. The Balaban J connectivity index is 4.38. The third kappa shape index (κ3) is 62.4. The topological polar surface area (TPSA) is 78.9 Å². The molecule has 0 amide bonds. The molecule has 78 heavy (non-hydrogen) atoms. The number of hydrogen-bond acceptors (Lipinski definition) is 6. The molecule has 0 heterocycles. The van der Waals surface area contributed by atoms with Crippen molar-refractivity contribution >= 4 is 17.9 Å². The van der Waals surface area contributed by atoms with E-state index in [-0.39, 0.29) is 31.1 Å². The maximum atomic E-state index is 12.9. The zero-order valence-electron chi connectivity index (χ0n) is 50.6. The van der Waals surface area contributed by atoms with E-state index in [2.05, 4.69) is 154 Å². The zero-order valence-corrected chi connectivity index (χ0v) is 50.6. The van der Waals surface area contributed by atoms with E-state index < -0.39 is 6.10 Å². The van der Waals surface area contributed by atoms with Crippen LogP contribution in [0, 0.1) is 0 Å². The van der Waals surface area contributed by atoms with E-state index in [1.165, 1.54) is 103 Å². The molecule has 0 aliphatic rings. The van der Waals surface area contributed by atoms with E-state index in [4.69, 9.17) is 14.2 Å². The molecule has 0 aromatic rings. The summed E-state index contributed by atoms with van der Waals surface area (Å²) in [5.41, 5.74) is 0. The summed E-state index contributed by atoms with van der Waals surface area (Å²) in [7, 11) is 0. The van der Waals surface area contributed by atoms with Crippen molar-refractivity contribution in [1.82, 2.24) is 0 Å². The molecular formula is C72H118O6. The van der Waals surface area contributed by atoms with Gasteiger partial charge in [-0.05, 0) is 141 Å². The van der Waals surface area contributed by atoms with Crippen LogP contribution in [0.4, 0.5) is 0 Å². The highest BCUT2D eigenvalue weighted by Crippen LogP contribution is 2.15. The second kappa shape index (κ2) is 65.1. The van der Waals surface area contributed by atoms with Crippen molar-refractivity contribution in [3.8, 4) is 0 Å². The van der Waals surface area contributed by atoms with Gasteiger partial charge in [0.1, 0.15) is 13.2 Å². The normalized spacial score (nSPS) is 13.0. The number of allylic oxidation sites excluding steroid dienone is 22. The lowest BCUT2D eigenvalue weighted by molar-refractivity contribution is -0.167. The molecule has 6 nitrogen and oxygen atoms in total. The fraction of sp³-hybridized carbons (Fsp3) is 0.653. The Hall–Kier alpha value is -4.45. The molecule has 0 spiro atoms. The highest BCUT2D eigenvalue weighted by molar-refractivity contribution is 5.71. The molecular weight excluding hydrogens is 961 g/mol. The molecule has 0 bridgehead atoms. The maximum Gasteiger partial charge on any atom is 0.306 e. The molecule has 442 valence electrons. The number of carbonyl (C=O) groups is 3. The van der Waals surface area contributed by atoms with Gasteiger partial charge < -0.3 is 14.2 Å². The molecule has 1 atom stereocenters. The minimum atomic E-state index is -0.800. The lowest BCUT2D eigenvalue weighted by atomic mass is 10.1. The van der Waals surface area contributed by atoms with Crippen molar-refractivity contribution in [1.29, 1.82) is 0 Å². The number of esters is 3. The third-order valence-electron chi connectivity index (χ3n) is 13.4. The summed E-state index contributed by atoms with van der Waals surface area (Å²) >= 11 is 0. The maximum absolute atomic E-state index is 12.9. The molecule has 0 fully saturated rings. The van der Waals surface area contributed by atoms with Crippen LogP contribution in [-0.2, 0) is 28.6 Å². The Bertz CT molecular complexity index is 1670. The van der Waals surface area contributed by atoms with E-state index >= 15 is 0 Å². The van der Waals surface area contributed by atoms with Crippen LogP contribution < -0.4 is 0 Å². The second-order valence-electron chi connectivity index (χ2n) is 20.9. The van der Waals surface area contributed by atoms with Crippen molar-refractivity contribution in [3.05, 3.63) is 134 Å². The predicted molar refractivity (Wildman–Crippen MR) is 339 cm³/mol. The molecule has 6 heteroatoms. The van der Waals surface area contributed by atoms with Crippen LogP contribution in [-0.4, -0.2) is 37.2 Å². The molecule has 0 aromatic carbocycles. The van der Waals surface area contributed by atoms with Crippen molar-refractivity contribution in [2.75, 3.05) is 13.2 Å². The summed E-state index contributed by atoms with van der Waals surface area (Å²) in [6.07, 6.45) is 91.7. The molecule has 0 N–H and O–H groups in total. The SMILES string of the molecule is CC/C=C\C/C=C\C/C=C\C/C=C\C/C=C\C/C=C\C/C=C\C/C=C\CCCCCCC(=O)OCC(COC(=O)CCCCCCC/C=C\CCCCC)OC(=O)CCCCCCCCCCC/C=C\C/C=C\CCCCC. The number of carbonyl (C=O) groups excluding carboxylic acids is 3. The van der Waals surface area contributed by atoms with Crippen LogP contribution in [0.25, 0.3) is 0 Å². The highest BCUT2D eigenvalue weighted by atomic mass is 16.6. The van der Waals surface area contributed by atoms with Gasteiger partial charge in [-0.15, -0.1) is 0 Å². The summed E-state index contributed by atoms with van der Waals surface area (Å²) in [6.45, 7) is 6.45. The standard InChI is InChI=1S/C72H118O6/c1-4-7-10-13-16-19-22-25-27-29-31-32-33-34-35-36-37-38-39-40-42-43-45-47-50-53-56-59-62-65-71(74)77-68-69(67-76-70(73)64-61-58-55-52-49-24-21-18-15-12-9-6-3)78-72(75)66-63-60-57-54-51-48-46-44-41-30-28-26-23-20-17-14-11-8-5-2/h7,10,16-21,25-28,31-32,34-35,37-38,40,42,45,47,69H,4-6,8-9,11-15,22-24,29-30,33,36,39,41,43-44,46,48-68H2,1-3H3/b10-7-,19-16-,20-17-,21-18-,27-25-,28-26-,32-31-,35-34-,38-37-,42-40-,47-45-. The Labute approximate surface area is 481 Å². The summed E-state index contributed by atoms with van der Waals surface area (Å²) in [4.78, 5) is 38.3. The zero-order chi connectivity index (χ0) is 56.4. The van der Waals surface area contributed by atoms with Gasteiger partial charge in [-0.1, -0.05) is 257 Å². The number of unbranched alkanes of at least 4 members (excludes halogenated alkanes) is 24. The molecule has 0 saturated heterocycles. The fourth-order valence-electron chi connectivity index (χ4n) is 8.54. The van der Waals surface area contributed by atoms with E-state index in [9.17, 15) is 14.4 Å². The molecule has 1 unspecified atom stereocenters. The van der Waals surface area contributed by atoms with Crippen LogP contribution in [0.3, 0.4) is 0 Å². The molecule has 0 aromatic heterocycles. The monoisotopic (exact) mass is 1080 g/mol. The predicted octanol–water partition coefficient (Wildman–Crippen LogP) is 22.2. The number of hydrogen-bond donors (Lipinski definition) is 0. The van der Waals surface area contributed by atoms with Gasteiger partial charge in [0.05, 0.1) is 0 Å². The van der Waals surface area contributed by atoms with Gasteiger partial charge in [0.25, 0.3) is 0 Å². The van der Waals surface area contributed by atoms with Gasteiger partial charge >= 0.3 is 17.9 Å². The Morgan fingerprint density at radius 1 is 0.269 bits per heavy atom.